The zero-order chi connectivity index (χ0) is 38.1. The van der Waals surface area contributed by atoms with E-state index in [0.717, 1.165) is 11.2 Å². The number of pyridine rings is 1. The molecule has 6 heterocycles. The van der Waals surface area contributed by atoms with Gasteiger partial charge in [-0.2, -0.15) is 0 Å². The number of nitrogens with zero attached hydrogens (tertiary/aromatic N) is 4. The van der Waals surface area contributed by atoms with E-state index < -0.39 is 0 Å². The van der Waals surface area contributed by atoms with Gasteiger partial charge in [-0.25, -0.2) is 4.98 Å². The molecule has 270 valence electrons. The molecular formula is C55H30N4. The largest absolute Gasteiger partial charge is 0.309 e. The molecule has 0 saturated carbocycles. The van der Waals surface area contributed by atoms with Crippen molar-refractivity contribution in [2.75, 3.05) is 0 Å². The highest BCUT2D eigenvalue weighted by Gasteiger charge is 2.27. The fraction of sp³-hybridized carbons (Fsp3) is 0. The molecule has 6 aromatic heterocycles. The number of para-hydroxylation sites is 4. The number of aromatic nitrogens is 4. The molecule has 0 N–H and O–H groups in total. The summed E-state index contributed by atoms with van der Waals surface area (Å²) in [5.74, 6) is 0. The summed E-state index contributed by atoms with van der Waals surface area (Å²) in [6.07, 6.45) is 2.15. The fourth-order valence-electron chi connectivity index (χ4n) is 11.2. The lowest BCUT2D eigenvalue weighted by Crippen LogP contribution is -1.93. The summed E-state index contributed by atoms with van der Waals surface area (Å²) >= 11 is 0. The van der Waals surface area contributed by atoms with Gasteiger partial charge < -0.3 is 8.97 Å². The predicted molar refractivity (Wildman–Crippen MR) is 248 cm³/mol. The highest BCUT2D eigenvalue weighted by atomic mass is 15.0. The summed E-state index contributed by atoms with van der Waals surface area (Å²) < 4.78 is 7.36. The minimum atomic E-state index is 1.01. The molecule has 9 aromatic carbocycles. The molecule has 0 fully saturated rings. The van der Waals surface area contributed by atoms with Crippen molar-refractivity contribution in [1.82, 2.24) is 18.4 Å². The Balaban J connectivity index is 1.11. The Morgan fingerprint density at radius 1 is 0.339 bits per heavy atom. The van der Waals surface area contributed by atoms with Gasteiger partial charge in [0.15, 0.2) is 0 Å². The van der Waals surface area contributed by atoms with Crippen LogP contribution in [-0.2, 0) is 0 Å². The van der Waals surface area contributed by atoms with Gasteiger partial charge in [-0.05, 0) is 69.6 Å². The molecule has 0 amide bonds. The fourth-order valence-corrected chi connectivity index (χ4v) is 11.2. The second-order valence-corrected chi connectivity index (χ2v) is 16.3. The van der Waals surface area contributed by atoms with Crippen LogP contribution in [0.3, 0.4) is 0 Å². The van der Waals surface area contributed by atoms with Crippen molar-refractivity contribution in [3.63, 3.8) is 0 Å². The predicted octanol–water partition coefficient (Wildman–Crippen LogP) is 14.5. The number of benzene rings is 9. The van der Waals surface area contributed by atoms with Crippen LogP contribution in [-0.4, -0.2) is 18.4 Å². The molecule has 0 saturated heterocycles. The Bertz CT molecular complexity index is 4300. The van der Waals surface area contributed by atoms with Crippen molar-refractivity contribution < 1.29 is 0 Å². The molecule has 0 bridgehead atoms. The number of hydrogen-bond donors (Lipinski definition) is 0. The number of rotatable bonds is 2. The number of fused-ring (bicyclic) bond motifs is 20. The summed E-state index contributed by atoms with van der Waals surface area (Å²) in [5, 5.41) is 17.7. The van der Waals surface area contributed by atoms with E-state index >= 15 is 0 Å². The van der Waals surface area contributed by atoms with Crippen LogP contribution in [0.5, 0.6) is 0 Å². The van der Waals surface area contributed by atoms with Gasteiger partial charge in [-0.3, -0.25) is 4.40 Å². The van der Waals surface area contributed by atoms with Crippen molar-refractivity contribution in [2.24, 2.45) is 0 Å². The number of hydrogen-bond acceptors (Lipinski definition) is 1. The molecule has 0 spiro atoms. The van der Waals surface area contributed by atoms with Crippen LogP contribution in [0.25, 0.3) is 136 Å². The standard InChI is InChI=1S/C55H30N4/c1-2-14-34(15-3-1)57-44-23-9-8-18-38(44)42-28-33(25-26-45(42)57)37-19-10-21-40-49-36-17-7-5-13-32(36)29-43-50-47(58(52(37)40)54(43)49)30-56-55-51(50)41-22-11-20-39-48-35-16-6-4-12-31(35)24-27-46(48)59(55)53(39)41/h1-30H. The van der Waals surface area contributed by atoms with Gasteiger partial charge in [0, 0.05) is 65.1 Å². The summed E-state index contributed by atoms with van der Waals surface area (Å²) in [5.41, 5.74) is 13.1. The molecule has 0 aliphatic carbocycles. The second-order valence-electron chi connectivity index (χ2n) is 16.3. The van der Waals surface area contributed by atoms with Crippen molar-refractivity contribution in [3.05, 3.63) is 182 Å². The normalized spacial score (nSPS) is 12.7. The third-order valence-electron chi connectivity index (χ3n) is 13.5. The first-order valence-electron chi connectivity index (χ1n) is 20.4. The smallest absolute Gasteiger partial charge is 0.146 e. The van der Waals surface area contributed by atoms with Gasteiger partial charge in [0.25, 0.3) is 0 Å². The van der Waals surface area contributed by atoms with Crippen molar-refractivity contribution >= 4 is 120 Å². The zero-order valence-electron chi connectivity index (χ0n) is 31.6. The van der Waals surface area contributed by atoms with Crippen LogP contribution in [0.1, 0.15) is 0 Å². The molecule has 0 aliphatic rings. The first-order valence-corrected chi connectivity index (χ1v) is 20.4. The molecular weight excluding hydrogens is 717 g/mol. The van der Waals surface area contributed by atoms with Gasteiger partial charge in [0.2, 0.25) is 0 Å². The van der Waals surface area contributed by atoms with Crippen molar-refractivity contribution in [1.29, 1.82) is 0 Å². The highest BCUT2D eigenvalue weighted by molar-refractivity contribution is 6.39. The third kappa shape index (κ3) is 3.56. The Kier molecular flexibility index (Phi) is 5.38. The summed E-state index contributed by atoms with van der Waals surface area (Å²) in [6.45, 7) is 0. The van der Waals surface area contributed by atoms with Gasteiger partial charge >= 0.3 is 0 Å². The third-order valence-corrected chi connectivity index (χ3v) is 13.5. The van der Waals surface area contributed by atoms with E-state index in [1.165, 1.54) is 125 Å². The topological polar surface area (TPSA) is 26.6 Å². The lowest BCUT2D eigenvalue weighted by atomic mass is 9.96. The summed E-state index contributed by atoms with van der Waals surface area (Å²) in [7, 11) is 0. The van der Waals surface area contributed by atoms with E-state index in [2.05, 4.69) is 195 Å². The molecule has 4 nitrogen and oxygen atoms in total. The van der Waals surface area contributed by atoms with E-state index in [4.69, 9.17) is 4.98 Å². The Morgan fingerprint density at radius 2 is 1.00 bits per heavy atom. The minimum Gasteiger partial charge on any atom is -0.309 e. The molecule has 15 rings (SSSR count). The van der Waals surface area contributed by atoms with E-state index in [-0.39, 0.29) is 0 Å². The second kappa shape index (κ2) is 10.5. The van der Waals surface area contributed by atoms with Crippen molar-refractivity contribution in [2.45, 2.75) is 0 Å². The maximum absolute atomic E-state index is 5.45. The van der Waals surface area contributed by atoms with E-state index in [1.807, 2.05) is 0 Å². The Morgan fingerprint density at radius 3 is 1.86 bits per heavy atom. The monoisotopic (exact) mass is 746 g/mol. The molecule has 0 atom stereocenters. The van der Waals surface area contributed by atoms with Crippen LogP contribution >= 0.6 is 0 Å². The van der Waals surface area contributed by atoms with Gasteiger partial charge in [0.05, 0.1) is 44.8 Å². The van der Waals surface area contributed by atoms with Crippen LogP contribution in [0, 0.1) is 0 Å². The van der Waals surface area contributed by atoms with Crippen LogP contribution in [0.15, 0.2) is 182 Å². The van der Waals surface area contributed by atoms with Crippen molar-refractivity contribution in [3.8, 4) is 16.8 Å². The van der Waals surface area contributed by atoms with E-state index in [0.29, 0.717) is 0 Å². The first-order chi connectivity index (χ1) is 29.3. The molecule has 59 heavy (non-hydrogen) atoms. The molecule has 0 aliphatic heterocycles. The van der Waals surface area contributed by atoms with Crippen LogP contribution < -0.4 is 0 Å². The summed E-state index contributed by atoms with van der Waals surface area (Å²) in [6, 6.07) is 64.9. The Hall–Kier alpha value is -7.95. The van der Waals surface area contributed by atoms with Gasteiger partial charge in [-0.1, -0.05) is 133 Å². The van der Waals surface area contributed by atoms with Crippen LogP contribution in [0.4, 0.5) is 0 Å². The first kappa shape index (κ1) is 30.2. The SMILES string of the molecule is c1ccc(-n2c3ccccc3c3cc(-c4cccc5c6c7ccccc7cc7c8c9c%10cccc%11c%12c%13ccccc%13ccc%12n(c9ncc8n(c45)c76)c%11%10)ccc32)cc1. The average molecular weight is 747 g/mol. The zero-order valence-corrected chi connectivity index (χ0v) is 31.6. The van der Waals surface area contributed by atoms with Gasteiger partial charge in [0.1, 0.15) is 5.65 Å². The van der Waals surface area contributed by atoms with Crippen LogP contribution in [0.2, 0.25) is 0 Å². The maximum Gasteiger partial charge on any atom is 0.146 e. The summed E-state index contributed by atoms with van der Waals surface area (Å²) in [4.78, 5) is 5.45. The average Bonchev–Trinajstić information content (AvgIpc) is 4.09. The van der Waals surface area contributed by atoms with E-state index in [1.54, 1.807) is 0 Å². The molecule has 4 heteroatoms. The quantitative estimate of drug-likeness (QED) is 0.173. The molecule has 0 radical (unpaired) electrons. The minimum absolute atomic E-state index is 1.01. The molecule has 15 aromatic rings. The lowest BCUT2D eigenvalue weighted by Gasteiger charge is -2.09. The lowest BCUT2D eigenvalue weighted by molar-refractivity contribution is 1.18. The van der Waals surface area contributed by atoms with E-state index in [9.17, 15) is 0 Å². The Labute approximate surface area is 335 Å². The van der Waals surface area contributed by atoms with Gasteiger partial charge in [-0.15, -0.1) is 0 Å². The molecule has 0 unspecified atom stereocenters. The maximum atomic E-state index is 5.45. The highest BCUT2D eigenvalue weighted by Crippen LogP contribution is 2.50.